The Balaban J connectivity index is 1.84. The minimum atomic E-state index is -4.83. The zero-order chi connectivity index (χ0) is 27.6. The van der Waals surface area contributed by atoms with Crippen molar-refractivity contribution in [3.8, 4) is 11.5 Å². The van der Waals surface area contributed by atoms with E-state index in [-0.39, 0.29) is 31.1 Å². The van der Waals surface area contributed by atoms with E-state index >= 15 is 0 Å². The molecule has 0 radical (unpaired) electrons. The molecule has 37 heavy (non-hydrogen) atoms. The second-order valence-corrected chi connectivity index (χ2v) is 12.0. The van der Waals surface area contributed by atoms with Gasteiger partial charge in [-0.1, -0.05) is 11.6 Å². The summed E-state index contributed by atoms with van der Waals surface area (Å²) in [6.07, 6.45) is -9.58. The molecule has 8 nitrogen and oxygen atoms in total. The van der Waals surface area contributed by atoms with Gasteiger partial charge in [-0.05, 0) is 36.4 Å². The summed E-state index contributed by atoms with van der Waals surface area (Å²) in [6, 6.07) is 7.51. The summed E-state index contributed by atoms with van der Waals surface area (Å²) < 4.78 is 139. The summed E-state index contributed by atoms with van der Waals surface area (Å²) in [6.45, 7) is -4.99. The SMILES string of the molecule is O=S(=O)(c1ccc(Cl)cc1)N1CCN(S(=O)(=O)c2cc(OCC(F)(F)F)ccc2OCC(F)(F)F)CC1. The van der Waals surface area contributed by atoms with Crippen molar-refractivity contribution in [2.45, 2.75) is 22.1 Å². The summed E-state index contributed by atoms with van der Waals surface area (Å²) in [4.78, 5) is -0.934. The molecule has 17 heteroatoms. The number of benzene rings is 2. The number of hydrogen-bond acceptors (Lipinski definition) is 6. The third-order valence-corrected chi connectivity index (χ3v) is 9.06. The monoisotopic (exact) mass is 596 g/mol. The normalized spacial score (nSPS) is 16.5. The Labute approximate surface area is 213 Å². The molecule has 2 aromatic carbocycles. The van der Waals surface area contributed by atoms with Gasteiger partial charge in [0.25, 0.3) is 0 Å². The van der Waals surface area contributed by atoms with Crippen LogP contribution in [-0.2, 0) is 20.0 Å². The van der Waals surface area contributed by atoms with Crippen molar-refractivity contribution in [2.75, 3.05) is 39.4 Å². The van der Waals surface area contributed by atoms with Crippen molar-refractivity contribution in [1.29, 1.82) is 0 Å². The fraction of sp³-hybridized carbons (Fsp3) is 0.400. The van der Waals surface area contributed by atoms with Gasteiger partial charge in [-0.15, -0.1) is 0 Å². The second-order valence-electron chi connectivity index (χ2n) is 7.68. The number of hydrogen-bond donors (Lipinski definition) is 0. The van der Waals surface area contributed by atoms with Crippen molar-refractivity contribution in [1.82, 2.24) is 8.61 Å². The molecular formula is C20H19ClF6N2O6S2. The number of sulfonamides is 2. The van der Waals surface area contributed by atoms with E-state index in [1.807, 2.05) is 0 Å². The molecule has 0 saturated carbocycles. The van der Waals surface area contributed by atoms with Crippen LogP contribution in [0.2, 0.25) is 5.02 Å². The fourth-order valence-electron chi connectivity index (χ4n) is 3.27. The third kappa shape index (κ3) is 7.63. The molecule has 0 aromatic heterocycles. The standard InChI is InChI=1S/C20H19ClF6N2O6S2/c21-14-1-4-16(5-2-14)36(30,31)28-7-9-29(10-8-28)37(32,33)18-11-15(34-12-19(22,23)24)3-6-17(18)35-13-20(25,26)27/h1-6,11H,7-10,12-13H2. The van der Waals surface area contributed by atoms with Gasteiger partial charge in [-0.2, -0.15) is 35.0 Å². The van der Waals surface area contributed by atoms with Crippen molar-refractivity contribution in [3.05, 3.63) is 47.5 Å². The van der Waals surface area contributed by atoms with Gasteiger partial charge in [0.05, 0.1) is 4.90 Å². The Morgan fingerprint density at radius 3 is 1.73 bits per heavy atom. The summed E-state index contributed by atoms with van der Waals surface area (Å²) >= 11 is 5.77. The van der Waals surface area contributed by atoms with E-state index in [0.717, 1.165) is 20.7 Å². The van der Waals surface area contributed by atoms with E-state index in [9.17, 15) is 43.2 Å². The van der Waals surface area contributed by atoms with E-state index in [1.54, 1.807) is 0 Å². The van der Waals surface area contributed by atoms with Crippen LogP contribution in [0.25, 0.3) is 0 Å². The number of piperazine rings is 1. The first kappa shape index (κ1) is 29.3. The first-order valence-electron chi connectivity index (χ1n) is 10.3. The van der Waals surface area contributed by atoms with E-state index < -0.39 is 62.0 Å². The first-order valence-corrected chi connectivity index (χ1v) is 13.5. The Hall–Kier alpha value is -2.27. The Morgan fingerprint density at radius 1 is 0.730 bits per heavy atom. The van der Waals surface area contributed by atoms with Gasteiger partial charge >= 0.3 is 12.4 Å². The highest BCUT2D eigenvalue weighted by molar-refractivity contribution is 7.89. The lowest BCUT2D eigenvalue weighted by molar-refractivity contribution is -0.154. The number of nitrogens with zero attached hydrogens (tertiary/aromatic N) is 2. The topological polar surface area (TPSA) is 93.2 Å². The van der Waals surface area contributed by atoms with E-state index in [0.29, 0.717) is 11.1 Å². The van der Waals surface area contributed by atoms with Gasteiger partial charge in [-0.25, -0.2) is 16.8 Å². The minimum absolute atomic E-state index is 0.0782. The van der Waals surface area contributed by atoms with Crippen LogP contribution in [-0.4, -0.2) is 77.2 Å². The number of ether oxygens (including phenoxy) is 2. The molecule has 1 saturated heterocycles. The van der Waals surface area contributed by atoms with Gasteiger partial charge in [0.2, 0.25) is 20.0 Å². The van der Waals surface area contributed by atoms with Crippen LogP contribution in [0.1, 0.15) is 0 Å². The molecule has 0 unspecified atom stereocenters. The summed E-state index contributed by atoms with van der Waals surface area (Å²) in [5.74, 6) is -1.33. The maximum absolute atomic E-state index is 13.3. The minimum Gasteiger partial charge on any atom is -0.484 e. The van der Waals surface area contributed by atoms with Crippen LogP contribution >= 0.6 is 11.6 Å². The van der Waals surface area contributed by atoms with Crippen LogP contribution in [0, 0.1) is 0 Å². The van der Waals surface area contributed by atoms with E-state index in [2.05, 4.69) is 9.47 Å². The molecule has 1 aliphatic heterocycles. The van der Waals surface area contributed by atoms with Crippen molar-refractivity contribution < 1.29 is 52.7 Å². The Morgan fingerprint density at radius 2 is 1.22 bits per heavy atom. The molecule has 0 atom stereocenters. The zero-order valence-corrected chi connectivity index (χ0v) is 21.0. The lowest BCUT2D eigenvalue weighted by Gasteiger charge is -2.33. The Kier molecular flexibility index (Phi) is 8.58. The van der Waals surface area contributed by atoms with Gasteiger partial charge in [-0.3, -0.25) is 0 Å². The van der Waals surface area contributed by atoms with Crippen LogP contribution in [0.5, 0.6) is 11.5 Å². The molecule has 206 valence electrons. The maximum atomic E-state index is 13.3. The van der Waals surface area contributed by atoms with Crippen LogP contribution in [0.3, 0.4) is 0 Å². The molecule has 0 spiro atoms. The lowest BCUT2D eigenvalue weighted by Crippen LogP contribution is -2.50. The van der Waals surface area contributed by atoms with Crippen LogP contribution in [0.15, 0.2) is 52.3 Å². The molecule has 0 bridgehead atoms. The number of alkyl halides is 6. The summed E-state index contributed by atoms with van der Waals surface area (Å²) in [5, 5.41) is 0.305. The fourth-order valence-corrected chi connectivity index (χ4v) is 6.39. The van der Waals surface area contributed by atoms with Crippen LogP contribution in [0.4, 0.5) is 26.3 Å². The second kappa shape index (κ2) is 10.8. The largest absolute Gasteiger partial charge is 0.484 e. The van der Waals surface area contributed by atoms with Gasteiger partial charge < -0.3 is 9.47 Å². The highest BCUT2D eigenvalue weighted by Crippen LogP contribution is 2.33. The predicted octanol–water partition coefficient (Wildman–Crippen LogP) is 3.92. The molecule has 1 heterocycles. The van der Waals surface area contributed by atoms with Crippen molar-refractivity contribution in [3.63, 3.8) is 0 Å². The molecule has 0 aliphatic carbocycles. The molecule has 1 aliphatic rings. The number of halogens is 7. The van der Waals surface area contributed by atoms with Gasteiger partial charge in [0.15, 0.2) is 13.2 Å². The maximum Gasteiger partial charge on any atom is 0.422 e. The average Bonchev–Trinajstić information content (AvgIpc) is 2.81. The van der Waals surface area contributed by atoms with Crippen molar-refractivity contribution in [2.24, 2.45) is 0 Å². The molecule has 3 rings (SSSR count). The van der Waals surface area contributed by atoms with E-state index in [1.165, 1.54) is 24.3 Å². The molecule has 0 N–H and O–H groups in total. The molecule has 2 aromatic rings. The predicted molar refractivity (Wildman–Crippen MR) is 119 cm³/mol. The summed E-state index contributed by atoms with van der Waals surface area (Å²) in [5.41, 5.74) is 0. The quantitative estimate of drug-likeness (QED) is 0.429. The van der Waals surface area contributed by atoms with Crippen molar-refractivity contribution >= 4 is 31.6 Å². The lowest BCUT2D eigenvalue weighted by atomic mass is 10.3. The van der Waals surface area contributed by atoms with Gasteiger partial charge in [0, 0.05) is 37.3 Å². The molecule has 0 amide bonds. The molecular weight excluding hydrogens is 578 g/mol. The smallest absolute Gasteiger partial charge is 0.422 e. The highest BCUT2D eigenvalue weighted by Gasteiger charge is 2.37. The van der Waals surface area contributed by atoms with Gasteiger partial charge in [0.1, 0.15) is 16.4 Å². The number of rotatable bonds is 8. The Bertz CT molecular complexity index is 1310. The zero-order valence-electron chi connectivity index (χ0n) is 18.6. The van der Waals surface area contributed by atoms with Crippen LogP contribution < -0.4 is 9.47 Å². The highest BCUT2D eigenvalue weighted by atomic mass is 35.5. The molecule has 1 fully saturated rings. The average molecular weight is 597 g/mol. The third-order valence-electron chi connectivity index (χ3n) is 4.98. The first-order chi connectivity index (χ1) is 17.0. The summed E-state index contributed by atoms with van der Waals surface area (Å²) in [7, 11) is -8.63. The van der Waals surface area contributed by atoms with E-state index in [4.69, 9.17) is 11.6 Å².